The average Bonchev–Trinajstić information content (AvgIpc) is 3.00. The van der Waals surface area contributed by atoms with Gasteiger partial charge in [-0.05, 0) is 41.3 Å². The summed E-state index contributed by atoms with van der Waals surface area (Å²) in [6.07, 6.45) is 3.64. The van der Waals surface area contributed by atoms with Gasteiger partial charge >= 0.3 is 0 Å². The van der Waals surface area contributed by atoms with Gasteiger partial charge in [-0.3, -0.25) is 4.72 Å². The van der Waals surface area contributed by atoms with Gasteiger partial charge in [0, 0.05) is 42.4 Å². The predicted molar refractivity (Wildman–Crippen MR) is 156 cm³/mol. The number of benzene rings is 3. The fourth-order valence-electron chi connectivity index (χ4n) is 5.56. The van der Waals surface area contributed by atoms with Crippen molar-refractivity contribution < 1.29 is 23.1 Å². The number of aldehydes is 1. The smallest absolute Gasteiger partial charge is 0.297 e. The summed E-state index contributed by atoms with van der Waals surface area (Å²) in [6.45, 7) is 1.98. The Labute approximate surface area is 239 Å². The lowest BCUT2D eigenvalue weighted by Crippen LogP contribution is -2.42. The molecule has 4 aromatic rings. The molecule has 0 amide bonds. The quantitative estimate of drug-likeness (QED) is 0.180. The number of carbonyl (C=O) groups excluding carboxylic acids is 1. The molecule has 2 N–H and O–H groups in total. The van der Waals surface area contributed by atoms with Gasteiger partial charge in [0.15, 0.2) is 0 Å². The van der Waals surface area contributed by atoms with Crippen LogP contribution < -0.4 is 4.72 Å². The van der Waals surface area contributed by atoms with E-state index in [0.717, 1.165) is 23.0 Å². The molecule has 8 nitrogen and oxygen atoms in total. The van der Waals surface area contributed by atoms with Crippen LogP contribution in [0.4, 0.5) is 5.69 Å². The molecule has 210 valence electrons. The van der Waals surface area contributed by atoms with E-state index in [9.17, 15) is 18.3 Å². The Hall–Kier alpha value is -4.34. The van der Waals surface area contributed by atoms with Crippen molar-refractivity contribution >= 4 is 22.0 Å². The highest BCUT2D eigenvalue weighted by Crippen LogP contribution is 2.49. The van der Waals surface area contributed by atoms with E-state index in [1.807, 2.05) is 73.7 Å². The minimum Gasteiger partial charge on any atom is -0.512 e. The van der Waals surface area contributed by atoms with Crippen molar-refractivity contribution in [2.75, 3.05) is 4.72 Å². The molecule has 1 aromatic heterocycles. The van der Waals surface area contributed by atoms with Crippen LogP contribution in [0, 0.1) is 0 Å². The molecule has 0 spiro atoms. The fourth-order valence-corrected chi connectivity index (χ4v) is 6.49. The van der Waals surface area contributed by atoms with Gasteiger partial charge in [0.1, 0.15) is 11.9 Å². The van der Waals surface area contributed by atoms with E-state index in [1.165, 1.54) is 18.5 Å². The molecule has 2 atom stereocenters. The number of rotatable bonds is 10. The van der Waals surface area contributed by atoms with E-state index in [1.54, 1.807) is 18.2 Å². The maximum absolute atomic E-state index is 12.8. The van der Waals surface area contributed by atoms with Gasteiger partial charge < -0.3 is 14.6 Å². The van der Waals surface area contributed by atoms with Crippen molar-refractivity contribution in [2.45, 2.75) is 49.0 Å². The molecule has 3 aromatic carbocycles. The van der Waals surface area contributed by atoms with Crippen molar-refractivity contribution in [3.8, 4) is 0 Å². The molecule has 0 bridgehead atoms. The average molecular weight is 570 g/mol. The van der Waals surface area contributed by atoms with Gasteiger partial charge in [0.05, 0.1) is 11.9 Å². The first-order valence-electron chi connectivity index (χ1n) is 13.4. The first-order chi connectivity index (χ1) is 19.9. The number of nitrogens with one attached hydrogen (secondary N) is 1. The molecule has 2 heterocycles. The van der Waals surface area contributed by atoms with Crippen LogP contribution in [0.3, 0.4) is 0 Å². The molecule has 5 rings (SSSR count). The first kappa shape index (κ1) is 28.2. The summed E-state index contributed by atoms with van der Waals surface area (Å²) in [4.78, 5) is 19.6. The maximum atomic E-state index is 12.8. The lowest BCUT2D eigenvalue weighted by atomic mass is 9.75. The molecule has 0 radical (unpaired) electrons. The third-order valence-electron chi connectivity index (χ3n) is 7.34. The molecule has 0 saturated carbocycles. The van der Waals surface area contributed by atoms with E-state index in [2.05, 4.69) is 14.7 Å². The van der Waals surface area contributed by atoms with Gasteiger partial charge in [0.25, 0.3) is 15.2 Å². The van der Waals surface area contributed by atoms with Crippen LogP contribution >= 0.6 is 0 Å². The number of aliphatic hydroxyl groups is 1. The van der Waals surface area contributed by atoms with Crippen molar-refractivity contribution in [3.05, 3.63) is 131 Å². The zero-order valence-corrected chi connectivity index (χ0v) is 23.4. The maximum Gasteiger partial charge on any atom is 0.297 e. The summed E-state index contributed by atoms with van der Waals surface area (Å²) in [6, 6.07) is 27.9. The third-order valence-corrected chi connectivity index (χ3v) is 8.53. The summed E-state index contributed by atoms with van der Waals surface area (Å²) in [5.74, 6) is -0.173. The number of carbonyl (C=O) groups is 1. The number of aromatic nitrogens is 2. The van der Waals surface area contributed by atoms with Crippen LogP contribution in [0.1, 0.15) is 48.8 Å². The van der Waals surface area contributed by atoms with Crippen LogP contribution in [0.15, 0.2) is 120 Å². The largest absolute Gasteiger partial charge is 0.512 e. The molecule has 0 fully saturated rings. The minimum absolute atomic E-state index is 0.0506. The lowest BCUT2D eigenvalue weighted by Gasteiger charge is -2.44. The number of sulfonamides is 1. The fraction of sp³-hybridized carbons (Fsp3) is 0.219. The van der Waals surface area contributed by atoms with E-state index < -0.39 is 21.7 Å². The number of anilines is 1. The highest BCUT2D eigenvalue weighted by Gasteiger charge is 2.45. The highest BCUT2D eigenvalue weighted by molar-refractivity contribution is 7.92. The number of hydrogen-bond donors (Lipinski definition) is 2. The van der Waals surface area contributed by atoms with Crippen LogP contribution in [-0.2, 0) is 25.2 Å². The Morgan fingerprint density at radius 1 is 0.976 bits per heavy atom. The Morgan fingerprint density at radius 3 is 2.20 bits per heavy atom. The zero-order valence-electron chi connectivity index (χ0n) is 22.6. The molecule has 1 aliphatic rings. The van der Waals surface area contributed by atoms with Crippen molar-refractivity contribution in [3.63, 3.8) is 0 Å². The van der Waals surface area contributed by atoms with Gasteiger partial charge in [-0.2, -0.15) is 8.42 Å². The van der Waals surface area contributed by atoms with Gasteiger partial charge in [-0.25, -0.2) is 9.97 Å². The van der Waals surface area contributed by atoms with Crippen LogP contribution in [0.25, 0.3) is 0 Å². The Bertz CT molecular complexity index is 1590. The van der Waals surface area contributed by atoms with Gasteiger partial charge in [-0.15, -0.1) is 0 Å². The normalized spacial score (nSPS) is 17.5. The highest BCUT2D eigenvalue weighted by atomic mass is 32.2. The molecular weight excluding hydrogens is 538 g/mol. The molecular formula is C32H31N3O5S. The summed E-state index contributed by atoms with van der Waals surface area (Å²) >= 11 is 0. The topological polar surface area (TPSA) is 118 Å². The second-order valence-electron chi connectivity index (χ2n) is 9.87. The predicted octanol–water partition coefficient (Wildman–Crippen LogP) is 5.90. The summed E-state index contributed by atoms with van der Waals surface area (Å²) in [7, 11) is -4.00. The van der Waals surface area contributed by atoms with Crippen molar-refractivity contribution in [2.24, 2.45) is 0 Å². The Balaban J connectivity index is 1.55. The summed E-state index contributed by atoms with van der Waals surface area (Å²) in [5.41, 5.74) is 2.48. The second-order valence-corrected chi connectivity index (χ2v) is 11.4. The zero-order chi connectivity index (χ0) is 28.9. The number of hydrogen-bond acceptors (Lipinski definition) is 7. The first-order valence-corrected chi connectivity index (χ1v) is 14.9. The SMILES string of the molecule is CCC(C1=C(O)CC(c2ccccc2)(c2ccccc2)OC1CC=O)c1cccc(NS(=O)(=O)c2ncccn2)c1. The lowest BCUT2D eigenvalue weighted by molar-refractivity contribution is -0.116. The van der Waals surface area contributed by atoms with Gasteiger partial charge in [-0.1, -0.05) is 79.7 Å². The Kier molecular flexibility index (Phi) is 8.28. The number of aliphatic hydroxyl groups excluding tert-OH is 1. The summed E-state index contributed by atoms with van der Waals surface area (Å²) in [5, 5.41) is 11.4. The van der Waals surface area contributed by atoms with E-state index in [0.29, 0.717) is 17.7 Å². The molecule has 41 heavy (non-hydrogen) atoms. The van der Waals surface area contributed by atoms with E-state index in [-0.39, 0.29) is 29.7 Å². The van der Waals surface area contributed by atoms with E-state index in [4.69, 9.17) is 4.74 Å². The molecule has 9 heteroatoms. The third kappa shape index (κ3) is 5.77. The number of nitrogens with zero attached hydrogens (tertiary/aromatic N) is 2. The number of ether oxygens (including phenoxy) is 1. The summed E-state index contributed by atoms with van der Waals surface area (Å²) < 4.78 is 35.1. The van der Waals surface area contributed by atoms with Crippen LogP contribution in [0.2, 0.25) is 0 Å². The minimum atomic E-state index is -4.00. The van der Waals surface area contributed by atoms with Crippen molar-refractivity contribution in [1.82, 2.24) is 9.97 Å². The van der Waals surface area contributed by atoms with Crippen LogP contribution in [0.5, 0.6) is 0 Å². The molecule has 2 unspecified atom stereocenters. The van der Waals surface area contributed by atoms with Crippen molar-refractivity contribution in [1.29, 1.82) is 0 Å². The second kappa shape index (κ2) is 12.0. The van der Waals surface area contributed by atoms with E-state index >= 15 is 0 Å². The van der Waals surface area contributed by atoms with Gasteiger partial charge in [0.2, 0.25) is 0 Å². The Morgan fingerprint density at radius 2 is 1.61 bits per heavy atom. The van der Waals surface area contributed by atoms with Crippen LogP contribution in [-0.4, -0.2) is 35.9 Å². The monoisotopic (exact) mass is 569 g/mol. The molecule has 0 aliphatic carbocycles. The standard InChI is InChI=1S/C32H31N3O5S/c1-2-27(23-11-9-16-26(21-23)35-41(38,39)31-33-18-10-19-34-31)30-28(37)22-32(40-29(30)17-20-36,24-12-5-3-6-13-24)25-14-7-4-8-15-25/h3-16,18-21,27,29,35,37H,2,17,22H2,1H3. The molecule has 0 saturated heterocycles. The molecule has 1 aliphatic heterocycles.